The Kier molecular flexibility index (Phi) is 10.3. The summed E-state index contributed by atoms with van der Waals surface area (Å²) in [5.41, 5.74) is 0. The van der Waals surface area contributed by atoms with Gasteiger partial charge in [0.2, 0.25) is 11.8 Å². The van der Waals surface area contributed by atoms with E-state index in [1.807, 2.05) is 13.8 Å². The summed E-state index contributed by atoms with van der Waals surface area (Å²) in [4.78, 5) is 22.0. The predicted octanol–water partition coefficient (Wildman–Crippen LogP) is 0.420. The smallest absolute Gasteiger partial charge is 0.222 e. The Morgan fingerprint density at radius 2 is 1.72 bits per heavy atom. The van der Waals surface area contributed by atoms with Crippen LogP contribution >= 0.6 is 0 Å². The summed E-state index contributed by atoms with van der Waals surface area (Å²) < 4.78 is 10.5. The van der Waals surface area contributed by atoms with Crippen molar-refractivity contribution in [3.63, 3.8) is 0 Å². The number of hydrogen-bond donors (Lipinski definition) is 2. The van der Waals surface area contributed by atoms with Crippen LogP contribution in [0.3, 0.4) is 0 Å². The zero-order valence-corrected chi connectivity index (χ0v) is 11.5. The number of hydrogen-bond acceptors (Lipinski definition) is 4. The van der Waals surface area contributed by atoms with Gasteiger partial charge in [-0.1, -0.05) is 13.8 Å². The molecule has 0 radical (unpaired) electrons. The van der Waals surface area contributed by atoms with E-state index in [-0.39, 0.29) is 20.6 Å². The van der Waals surface area contributed by atoms with Crippen LogP contribution in [0.25, 0.3) is 0 Å². The van der Waals surface area contributed by atoms with Crippen molar-refractivity contribution in [1.29, 1.82) is 0 Å². The molecule has 0 aliphatic rings. The molecule has 0 aromatic heterocycles. The summed E-state index contributed by atoms with van der Waals surface area (Å²) in [5, 5.41) is 5.26. The molecule has 0 aromatic carbocycles. The fourth-order valence-electron chi connectivity index (χ4n) is 1.06. The summed E-state index contributed by atoms with van der Waals surface area (Å²) >= 11 is 0. The summed E-state index contributed by atoms with van der Waals surface area (Å²) in [6, 6.07) is 0. The van der Waals surface area contributed by atoms with Gasteiger partial charge in [-0.25, -0.2) is 0 Å². The molecule has 18 heavy (non-hydrogen) atoms. The standard InChI is InChI=1S/C12H24N2O4.2H2/c1-10(2)12(16)14-5-7-18-9-8-17-6-4-11(15)13-3;;/h10H,4-9H2,1-3H3,(H,13,15)(H,14,16);2*1H. The molecule has 2 amide bonds. The van der Waals surface area contributed by atoms with E-state index in [1.165, 1.54) is 0 Å². The normalized spacial score (nSPS) is 10.4. The molecule has 0 fully saturated rings. The van der Waals surface area contributed by atoms with Gasteiger partial charge in [-0.05, 0) is 0 Å². The van der Waals surface area contributed by atoms with Gasteiger partial charge < -0.3 is 20.1 Å². The largest absolute Gasteiger partial charge is 0.379 e. The van der Waals surface area contributed by atoms with Crippen LogP contribution in [-0.4, -0.2) is 51.8 Å². The zero-order chi connectivity index (χ0) is 13.8. The highest BCUT2D eigenvalue weighted by molar-refractivity contribution is 5.77. The predicted molar refractivity (Wildman–Crippen MR) is 72.4 cm³/mol. The maximum absolute atomic E-state index is 11.2. The second-order valence-electron chi connectivity index (χ2n) is 4.09. The van der Waals surface area contributed by atoms with Gasteiger partial charge in [0.25, 0.3) is 0 Å². The molecule has 0 saturated carbocycles. The molecule has 0 aliphatic carbocycles. The van der Waals surface area contributed by atoms with E-state index in [9.17, 15) is 9.59 Å². The van der Waals surface area contributed by atoms with Crippen LogP contribution in [0.15, 0.2) is 0 Å². The van der Waals surface area contributed by atoms with Gasteiger partial charge in [-0.15, -0.1) is 0 Å². The Labute approximate surface area is 111 Å². The number of nitrogens with one attached hydrogen (secondary N) is 2. The quantitative estimate of drug-likeness (QED) is 0.561. The molecule has 6 nitrogen and oxygen atoms in total. The lowest BCUT2D eigenvalue weighted by atomic mass is 10.2. The number of carbonyl (C=O) groups is 2. The summed E-state index contributed by atoms with van der Waals surface area (Å²) in [7, 11) is 1.59. The molecule has 0 aromatic rings. The van der Waals surface area contributed by atoms with Crippen LogP contribution in [0.1, 0.15) is 23.1 Å². The molecular formula is C12H28N2O4. The fourth-order valence-corrected chi connectivity index (χ4v) is 1.06. The first-order valence-electron chi connectivity index (χ1n) is 6.21. The lowest BCUT2D eigenvalue weighted by molar-refractivity contribution is -0.124. The molecular weight excluding hydrogens is 236 g/mol. The number of rotatable bonds is 10. The molecule has 0 rings (SSSR count). The van der Waals surface area contributed by atoms with Gasteiger partial charge in [0.15, 0.2) is 0 Å². The van der Waals surface area contributed by atoms with Crippen molar-refractivity contribution in [3.05, 3.63) is 0 Å². The Morgan fingerprint density at radius 3 is 2.28 bits per heavy atom. The molecule has 0 unspecified atom stereocenters. The highest BCUT2D eigenvalue weighted by Gasteiger charge is 2.04. The topological polar surface area (TPSA) is 76.7 Å². The van der Waals surface area contributed by atoms with Crippen LogP contribution in [-0.2, 0) is 19.1 Å². The molecule has 0 aliphatic heterocycles. The van der Waals surface area contributed by atoms with Crippen molar-refractivity contribution in [2.75, 3.05) is 40.0 Å². The lowest BCUT2D eigenvalue weighted by Crippen LogP contribution is -2.31. The van der Waals surface area contributed by atoms with Crippen LogP contribution in [0.4, 0.5) is 0 Å². The zero-order valence-electron chi connectivity index (χ0n) is 11.5. The van der Waals surface area contributed by atoms with E-state index < -0.39 is 0 Å². The van der Waals surface area contributed by atoms with E-state index >= 15 is 0 Å². The number of amides is 2. The molecule has 110 valence electrons. The van der Waals surface area contributed by atoms with Gasteiger partial charge in [0.1, 0.15) is 0 Å². The molecule has 6 heteroatoms. The van der Waals surface area contributed by atoms with E-state index in [2.05, 4.69) is 10.6 Å². The van der Waals surface area contributed by atoms with Crippen molar-refractivity contribution in [1.82, 2.24) is 10.6 Å². The Morgan fingerprint density at radius 1 is 1.11 bits per heavy atom. The molecule has 0 bridgehead atoms. The molecule has 0 spiro atoms. The average molecular weight is 264 g/mol. The van der Waals surface area contributed by atoms with Gasteiger partial charge in [0.05, 0.1) is 26.4 Å². The molecule has 0 saturated heterocycles. The second-order valence-corrected chi connectivity index (χ2v) is 4.09. The SMILES string of the molecule is CNC(=O)CCOCCOCCNC(=O)C(C)C.[HH].[HH]. The summed E-state index contributed by atoms with van der Waals surface area (Å²) in [6.45, 7) is 5.98. The molecule has 2 N–H and O–H groups in total. The highest BCUT2D eigenvalue weighted by atomic mass is 16.5. The Bertz CT molecular complexity index is 254. The lowest BCUT2D eigenvalue weighted by Gasteiger charge is -2.08. The Balaban J connectivity index is -0.00000144. The summed E-state index contributed by atoms with van der Waals surface area (Å²) in [5.74, 6) is -0.00853. The van der Waals surface area contributed by atoms with Crippen LogP contribution in [0, 0.1) is 5.92 Å². The minimum Gasteiger partial charge on any atom is -0.379 e. The van der Waals surface area contributed by atoms with Gasteiger partial charge in [-0.3, -0.25) is 9.59 Å². The second kappa shape index (κ2) is 11.0. The van der Waals surface area contributed by atoms with Gasteiger partial charge >= 0.3 is 0 Å². The first-order valence-corrected chi connectivity index (χ1v) is 6.21. The third-order valence-electron chi connectivity index (χ3n) is 2.19. The van der Waals surface area contributed by atoms with Crippen molar-refractivity contribution in [3.8, 4) is 0 Å². The van der Waals surface area contributed by atoms with Crippen molar-refractivity contribution < 1.29 is 21.9 Å². The van der Waals surface area contributed by atoms with Gasteiger partial charge in [0, 0.05) is 28.8 Å². The first kappa shape index (κ1) is 16.9. The van der Waals surface area contributed by atoms with Crippen molar-refractivity contribution >= 4 is 11.8 Å². The maximum Gasteiger partial charge on any atom is 0.222 e. The molecule has 0 heterocycles. The van der Waals surface area contributed by atoms with Crippen LogP contribution < -0.4 is 10.6 Å². The minimum atomic E-state index is -0.0349. The van der Waals surface area contributed by atoms with E-state index in [0.717, 1.165) is 0 Å². The number of ether oxygens (including phenoxy) is 2. The van der Waals surface area contributed by atoms with Crippen LogP contribution in [0.2, 0.25) is 0 Å². The van der Waals surface area contributed by atoms with Gasteiger partial charge in [-0.2, -0.15) is 0 Å². The minimum absolute atomic E-state index is 0. The fraction of sp³-hybridized carbons (Fsp3) is 0.833. The van der Waals surface area contributed by atoms with E-state index in [1.54, 1.807) is 7.05 Å². The molecule has 0 atom stereocenters. The average Bonchev–Trinajstić information content (AvgIpc) is 2.35. The Hall–Kier alpha value is -1.14. The maximum atomic E-state index is 11.2. The highest BCUT2D eigenvalue weighted by Crippen LogP contribution is 1.89. The summed E-state index contributed by atoms with van der Waals surface area (Å²) in [6.07, 6.45) is 0.362. The van der Waals surface area contributed by atoms with Crippen LogP contribution in [0.5, 0.6) is 0 Å². The van der Waals surface area contributed by atoms with Crippen molar-refractivity contribution in [2.45, 2.75) is 20.3 Å². The van der Waals surface area contributed by atoms with E-state index in [0.29, 0.717) is 39.4 Å². The number of carbonyl (C=O) groups excluding carboxylic acids is 2. The monoisotopic (exact) mass is 264 g/mol. The third-order valence-corrected chi connectivity index (χ3v) is 2.19. The first-order chi connectivity index (χ1) is 8.57. The van der Waals surface area contributed by atoms with E-state index in [4.69, 9.17) is 9.47 Å². The van der Waals surface area contributed by atoms with Crippen molar-refractivity contribution in [2.24, 2.45) is 5.92 Å². The third kappa shape index (κ3) is 10.0.